The average Bonchev–Trinajstić information content (AvgIpc) is 3.29. The molecule has 2 aromatic rings. The van der Waals surface area contributed by atoms with Crippen molar-refractivity contribution in [2.24, 2.45) is 0 Å². The molecule has 0 heterocycles. The number of hydrogen-bond donors (Lipinski definition) is 0. The van der Waals surface area contributed by atoms with Crippen LogP contribution in [0, 0.1) is 0 Å². The van der Waals surface area contributed by atoms with E-state index in [2.05, 4.69) is 60.7 Å². The van der Waals surface area contributed by atoms with Crippen LogP contribution in [-0.2, 0) is 0 Å². The molecule has 56 heavy (non-hydrogen) atoms. The number of rotatable bonds is 14. The van der Waals surface area contributed by atoms with Gasteiger partial charge in [-0.05, 0) is 154 Å². The van der Waals surface area contributed by atoms with Crippen LogP contribution in [-0.4, -0.2) is 58.6 Å². The number of hydrogen-bond acceptors (Lipinski definition) is 0. The smallest absolute Gasteiger partial charge is 0.0195 e. The van der Waals surface area contributed by atoms with Crippen molar-refractivity contribution in [3.05, 3.63) is 60.7 Å². The summed E-state index contributed by atoms with van der Waals surface area (Å²) in [7, 11) is 0.686. The minimum absolute atomic E-state index is 0.206. The van der Waals surface area contributed by atoms with Gasteiger partial charge >= 0.3 is 0 Å². The third-order valence-corrected chi connectivity index (χ3v) is 29.8. The van der Waals surface area contributed by atoms with Crippen molar-refractivity contribution >= 4 is 42.3 Å². The van der Waals surface area contributed by atoms with Crippen LogP contribution in [0.1, 0.15) is 193 Å². The molecule has 0 aliphatic heterocycles. The van der Waals surface area contributed by atoms with Gasteiger partial charge in [-0.3, -0.25) is 0 Å². The molecule has 0 unspecified atom stereocenters. The van der Waals surface area contributed by atoms with Gasteiger partial charge in [0.05, 0.1) is 0 Å². The zero-order valence-corrected chi connectivity index (χ0v) is 39.6. The van der Waals surface area contributed by atoms with Crippen molar-refractivity contribution in [2.75, 3.05) is 24.6 Å². The van der Waals surface area contributed by atoms with Crippen LogP contribution in [0.25, 0.3) is 0 Å². The molecule has 6 aliphatic rings. The Balaban J connectivity index is 0.000000172. The lowest BCUT2D eigenvalue weighted by molar-refractivity contribution is 0.482. The Morgan fingerprint density at radius 2 is 0.482 bits per heavy atom. The van der Waals surface area contributed by atoms with Crippen molar-refractivity contribution < 1.29 is 0 Å². The molecule has 6 aliphatic carbocycles. The summed E-state index contributed by atoms with van der Waals surface area (Å²) in [4.78, 5) is 0. The van der Waals surface area contributed by atoms with Gasteiger partial charge < -0.3 is 0 Å². The molecule has 2 aromatic carbocycles. The molecule has 0 radical (unpaired) electrons. The van der Waals surface area contributed by atoms with Crippen LogP contribution < -0.4 is 10.6 Å². The van der Waals surface area contributed by atoms with Crippen molar-refractivity contribution in [3.8, 4) is 0 Å². The second kappa shape index (κ2) is 25.2. The van der Waals surface area contributed by atoms with E-state index in [0.717, 1.165) is 11.3 Å². The second-order valence-electron chi connectivity index (χ2n) is 19.3. The quantitative estimate of drug-likeness (QED) is 0.166. The van der Waals surface area contributed by atoms with Gasteiger partial charge in [0, 0.05) is 0 Å². The summed E-state index contributed by atoms with van der Waals surface area (Å²) < 4.78 is 0. The summed E-state index contributed by atoms with van der Waals surface area (Å²) in [5, 5.41) is 3.15. The van der Waals surface area contributed by atoms with Crippen LogP contribution in [0.2, 0.25) is 0 Å². The molecular formula is C52H84P4. The molecule has 0 bridgehead atoms. The average molecular weight is 833 g/mol. The standard InChI is InChI=1S/C26H48P2.C26H36P2/c2*1-5-13-23(14-6-1)27(24-15-7-2-8-16-24)21-22-28(25-17-9-3-10-18-25)26-19-11-4-12-20-26/h23-26H,1-22H2;1-2,5-8,13-16,25-26H,3-4,9-12,17-22H2. The maximum absolute atomic E-state index is 2.38. The lowest BCUT2D eigenvalue weighted by Crippen LogP contribution is -2.26. The highest BCUT2D eigenvalue weighted by atomic mass is 31.1. The zero-order valence-electron chi connectivity index (χ0n) is 36.1. The molecule has 0 amide bonds. The van der Waals surface area contributed by atoms with Gasteiger partial charge in [0.25, 0.3) is 0 Å². The summed E-state index contributed by atoms with van der Waals surface area (Å²) in [6.45, 7) is 0. The van der Waals surface area contributed by atoms with Gasteiger partial charge in [-0.1, -0.05) is 200 Å². The fraction of sp³-hybridized carbons (Fsp3) is 0.769. The second-order valence-corrected chi connectivity index (χ2v) is 30.4. The Morgan fingerprint density at radius 3 is 0.714 bits per heavy atom. The van der Waals surface area contributed by atoms with Gasteiger partial charge in [-0.25, -0.2) is 0 Å². The van der Waals surface area contributed by atoms with Crippen LogP contribution >= 0.6 is 31.7 Å². The Morgan fingerprint density at radius 1 is 0.268 bits per heavy atom. The maximum Gasteiger partial charge on any atom is -0.0195 e. The minimum atomic E-state index is -0.209. The Labute approximate surface area is 352 Å². The highest BCUT2D eigenvalue weighted by Crippen LogP contribution is 2.61. The first-order valence-electron chi connectivity index (χ1n) is 25.0. The largest absolute Gasteiger partial charge is 0.1000 e. The molecule has 8 rings (SSSR count). The highest BCUT2D eigenvalue weighted by Gasteiger charge is 2.36. The third kappa shape index (κ3) is 13.6. The molecule has 4 heteroatoms. The summed E-state index contributed by atoms with van der Waals surface area (Å²) in [5.74, 6) is 0. The molecule has 0 aromatic heterocycles. The maximum atomic E-state index is 2.38. The van der Waals surface area contributed by atoms with Gasteiger partial charge in [0.1, 0.15) is 0 Å². The first kappa shape index (κ1) is 44.2. The van der Waals surface area contributed by atoms with E-state index >= 15 is 0 Å². The topological polar surface area (TPSA) is 0 Å². The molecule has 0 nitrogen and oxygen atoms in total. The van der Waals surface area contributed by atoms with Gasteiger partial charge in [-0.2, -0.15) is 0 Å². The Hall–Kier alpha value is 0.160. The molecule has 0 atom stereocenters. The lowest BCUT2D eigenvalue weighted by Gasteiger charge is -2.42. The van der Waals surface area contributed by atoms with Crippen molar-refractivity contribution in [1.82, 2.24) is 0 Å². The molecule has 6 saturated carbocycles. The van der Waals surface area contributed by atoms with Crippen LogP contribution in [0.4, 0.5) is 0 Å². The van der Waals surface area contributed by atoms with Gasteiger partial charge in [-0.15, -0.1) is 0 Å². The molecular weight excluding hydrogens is 748 g/mol. The van der Waals surface area contributed by atoms with Crippen LogP contribution in [0.3, 0.4) is 0 Å². The predicted octanol–water partition coefficient (Wildman–Crippen LogP) is 16.5. The first-order chi connectivity index (χ1) is 27.8. The summed E-state index contributed by atoms with van der Waals surface area (Å²) in [6, 6.07) is 22.8. The molecule has 0 N–H and O–H groups in total. The Kier molecular flexibility index (Phi) is 19.9. The fourth-order valence-electron chi connectivity index (χ4n) is 12.5. The lowest BCUT2D eigenvalue weighted by atomic mass is 9.99. The molecule has 312 valence electrons. The molecule has 6 fully saturated rings. The monoisotopic (exact) mass is 833 g/mol. The van der Waals surface area contributed by atoms with E-state index < -0.39 is 0 Å². The predicted molar refractivity (Wildman–Crippen MR) is 261 cm³/mol. The van der Waals surface area contributed by atoms with E-state index in [1.165, 1.54) is 99.2 Å². The SMILES string of the molecule is C1CCC(P(CCP(C2CCCCC2)C2CCCCC2)C2CCCCC2)CC1.c1ccc(P(CCP(C2CCCCC2)C2CCCCC2)c2ccccc2)cc1. The zero-order chi connectivity index (χ0) is 38.0. The van der Waals surface area contributed by atoms with Gasteiger partial charge in [0.2, 0.25) is 0 Å². The summed E-state index contributed by atoms with van der Waals surface area (Å²) in [6.07, 6.45) is 53.1. The third-order valence-electron chi connectivity index (χ3n) is 15.6. The van der Waals surface area contributed by atoms with Crippen LogP contribution in [0.15, 0.2) is 60.7 Å². The van der Waals surface area contributed by atoms with E-state index in [0.29, 0.717) is 15.8 Å². The molecule has 0 saturated heterocycles. The van der Waals surface area contributed by atoms with Gasteiger partial charge in [0.15, 0.2) is 0 Å². The van der Waals surface area contributed by atoms with Crippen molar-refractivity contribution in [1.29, 1.82) is 0 Å². The van der Waals surface area contributed by atoms with Crippen molar-refractivity contribution in [2.45, 2.75) is 227 Å². The Bertz CT molecular complexity index is 1150. The normalized spacial score (nSPS) is 23.5. The minimum Gasteiger partial charge on any atom is -0.1000 e. The summed E-state index contributed by atoms with van der Waals surface area (Å²) in [5.41, 5.74) is 6.89. The van der Waals surface area contributed by atoms with E-state index in [1.807, 2.05) is 0 Å². The fourth-order valence-corrected chi connectivity index (χ4v) is 28.1. The van der Waals surface area contributed by atoms with E-state index in [9.17, 15) is 0 Å². The number of benzene rings is 2. The van der Waals surface area contributed by atoms with Crippen LogP contribution in [0.5, 0.6) is 0 Å². The molecule has 0 spiro atoms. The highest BCUT2D eigenvalue weighted by molar-refractivity contribution is 7.74. The van der Waals surface area contributed by atoms with Crippen molar-refractivity contribution in [3.63, 3.8) is 0 Å². The van der Waals surface area contributed by atoms with E-state index in [4.69, 9.17) is 0 Å². The summed E-state index contributed by atoms with van der Waals surface area (Å²) >= 11 is 0. The van der Waals surface area contributed by atoms with E-state index in [-0.39, 0.29) is 15.8 Å². The van der Waals surface area contributed by atoms with E-state index in [1.54, 1.807) is 151 Å². The first-order valence-corrected chi connectivity index (χ1v) is 31.5.